The Bertz CT molecular complexity index is 461. The predicted molar refractivity (Wildman–Crippen MR) is 74.9 cm³/mol. The van der Waals surface area contributed by atoms with E-state index in [1.54, 1.807) is 12.1 Å². The van der Waals surface area contributed by atoms with Crippen LogP contribution in [0.5, 0.6) is 0 Å². The van der Waals surface area contributed by atoms with Gasteiger partial charge in [0.05, 0.1) is 10.8 Å². The van der Waals surface area contributed by atoms with E-state index in [-0.39, 0.29) is 11.6 Å². The number of hydrogen-bond donors (Lipinski definition) is 0. The van der Waals surface area contributed by atoms with Crippen molar-refractivity contribution in [3.63, 3.8) is 0 Å². The second kappa shape index (κ2) is 6.21. The van der Waals surface area contributed by atoms with Crippen LogP contribution in [0.25, 0.3) is 0 Å². The second-order valence-electron chi connectivity index (χ2n) is 4.66. The summed E-state index contributed by atoms with van der Waals surface area (Å²) in [6, 6.07) is 5.53. The summed E-state index contributed by atoms with van der Waals surface area (Å²) in [4.78, 5) is 12.6. The highest BCUT2D eigenvalue weighted by Crippen LogP contribution is 2.28. The van der Waals surface area contributed by atoms with Gasteiger partial charge in [0, 0.05) is 43.6 Å². The number of nitro groups is 1. The lowest BCUT2D eigenvalue weighted by Gasteiger charge is -2.33. The van der Waals surface area contributed by atoms with Crippen LogP contribution in [0.2, 0.25) is 0 Å². The highest BCUT2D eigenvalue weighted by atomic mass is 35.5. The van der Waals surface area contributed by atoms with Crippen molar-refractivity contribution in [2.75, 3.05) is 25.2 Å². The van der Waals surface area contributed by atoms with Gasteiger partial charge in [0.25, 0.3) is 5.69 Å². The Hall–Kier alpha value is -1.33. The standard InChI is InChI=1S/C13H17ClN2O3/c1-15(11-4-6-19-7-5-11)12-2-3-13(16(17)18)10(8-12)9-14/h2-3,8,11H,4-7,9H2,1H3. The number of ether oxygens (including phenoxy) is 1. The van der Waals surface area contributed by atoms with Crippen molar-refractivity contribution in [2.45, 2.75) is 24.8 Å². The summed E-state index contributed by atoms with van der Waals surface area (Å²) in [7, 11) is 2.01. The zero-order chi connectivity index (χ0) is 13.8. The van der Waals surface area contributed by atoms with Crippen LogP contribution < -0.4 is 4.90 Å². The van der Waals surface area contributed by atoms with Crippen molar-refractivity contribution in [2.24, 2.45) is 0 Å². The van der Waals surface area contributed by atoms with Crippen LogP contribution in [0, 0.1) is 10.1 Å². The average molecular weight is 285 g/mol. The fourth-order valence-electron chi connectivity index (χ4n) is 2.36. The van der Waals surface area contributed by atoms with Crippen molar-refractivity contribution in [1.82, 2.24) is 0 Å². The van der Waals surface area contributed by atoms with Crippen LogP contribution in [-0.2, 0) is 10.6 Å². The molecule has 6 heteroatoms. The zero-order valence-corrected chi connectivity index (χ0v) is 11.6. The number of nitrogens with zero attached hydrogens (tertiary/aromatic N) is 2. The molecule has 19 heavy (non-hydrogen) atoms. The smallest absolute Gasteiger partial charge is 0.273 e. The first kappa shape index (κ1) is 14.1. The van der Waals surface area contributed by atoms with Crippen molar-refractivity contribution in [1.29, 1.82) is 0 Å². The fourth-order valence-corrected chi connectivity index (χ4v) is 2.57. The lowest BCUT2D eigenvalue weighted by atomic mass is 10.1. The van der Waals surface area contributed by atoms with E-state index in [1.807, 2.05) is 7.05 Å². The molecule has 1 aromatic rings. The highest BCUT2D eigenvalue weighted by Gasteiger charge is 2.21. The molecule has 104 valence electrons. The van der Waals surface area contributed by atoms with Gasteiger partial charge < -0.3 is 9.64 Å². The van der Waals surface area contributed by atoms with Gasteiger partial charge in [0.1, 0.15) is 0 Å². The van der Waals surface area contributed by atoms with E-state index in [0.717, 1.165) is 31.7 Å². The Morgan fingerprint density at radius 2 is 2.16 bits per heavy atom. The molecule has 0 unspecified atom stereocenters. The molecule has 0 amide bonds. The number of nitro benzene ring substituents is 1. The summed E-state index contributed by atoms with van der Waals surface area (Å²) in [5.41, 5.74) is 1.61. The SMILES string of the molecule is CN(c1ccc([N+](=O)[O-])c(CCl)c1)C1CCOCC1. The average Bonchev–Trinajstić information content (AvgIpc) is 2.46. The Morgan fingerprint density at radius 3 is 2.74 bits per heavy atom. The summed E-state index contributed by atoms with van der Waals surface area (Å²) in [5, 5.41) is 10.9. The molecular formula is C13H17ClN2O3. The molecule has 1 aromatic carbocycles. The molecule has 2 rings (SSSR count). The van der Waals surface area contributed by atoms with Gasteiger partial charge in [-0.3, -0.25) is 10.1 Å². The minimum atomic E-state index is -0.393. The van der Waals surface area contributed by atoms with Gasteiger partial charge in [-0.2, -0.15) is 0 Å². The van der Waals surface area contributed by atoms with Gasteiger partial charge in [0.2, 0.25) is 0 Å². The van der Waals surface area contributed by atoms with Gasteiger partial charge >= 0.3 is 0 Å². The molecule has 0 saturated carbocycles. The maximum atomic E-state index is 10.9. The molecule has 5 nitrogen and oxygen atoms in total. The van der Waals surface area contributed by atoms with Crippen molar-refractivity contribution >= 4 is 23.0 Å². The molecule has 0 spiro atoms. The van der Waals surface area contributed by atoms with Crippen LogP contribution in [0.4, 0.5) is 11.4 Å². The molecule has 0 aromatic heterocycles. The Kier molecular flexibility index (Phi) is 4.61. The van der Waals surface area contributed by atoms with Crippen molar-refractivity contribution in [3.8, 4) is 0 Å². The zero-order valence-electron chi connectivity index (χ0n) is 10.8. The topological polar surface area (TPSA) is 55.6 Å². The third kappa shape index (κ3) is 3.16. The molecule has 1 saturated heterocycles. The number of benzene rings is 1. The Balaban J connectivity index is 2.22. The maximum absolute atomic E-state index is 10.9. The third-order valence-electron chi connectivity index (χ3n) is 3.55. The first-order valence-corrected chi connectivity index (χ1v) is 6.80. The molecule has 0 bridgehead atoms. The molecular weight excluding hydrogens is 268 g/mol. The molecule has 1 fully saturated rings. The van der Waals surface area contributed by atoms with Crippen LogP contribution in [0.3, 0.4) is 0 Å². The van der Waals surface area contributed by atoms with Gasteiger partial charge in [-0.1, -0.05) is 0 Å². The van der Waals surface area contributed by atoms with E-state index in [2.05, 4.69) is 4.90 Å². The quantitative estimate of drug-likeness (QED) is 0.484. The summed E-state index contributed by atoms with van der Waals surface area (Å²) in [6.45, 7) is 1.54. The number of anilines is 1. The summed E-state index contributed by atoms with van der Waals surface area (Å²) in [5.74, 6) is 0.145. The van der Waals surface area contributed by atoms with Crippen LogP contribution in [-0.4, -0.2) is 31.2 Å². The van der Waals surface area contributed by atoms with E-state index in [1.165, 1.54) is 6.07 Å². The molecule has 1 aliphatic heterocycles. The third-order valence-corrected chi connectivity index (χ3v) is 3.84. The minimum Gasteiger partial charge on any atom is -0.381 e. The van der Waals surface area contributed by atoms with E-state index in [9.17, 15) is 10.1 Å². The maximum Gasteiger partial charge on any atom is 0.273 e. The molecule has 1 heterocycles. The van der Waals surface area contributed by atoms with E-state index in [4.69, 9.17) is 16.3 Å². The molecule has 0 radical (unpaired) electrons. The van der Waals surface area contributed by atoms with Gasteiger partial charge in [-0.25, -0.2) is 0 Å². The number of hydrogen-bond acceptors (Lipinski definition) is 4. The van der Waals surface area contributed by atoms with Crippen molar-refractivity contribution in [3.05, 3.63) is 33.9 Å². The molecule has 0 aliphatic carbocycles. The largest absolute Gasteiger partial charge is 0.381 e. The van der Waals surface area contributed by atoms with Gasteiger partial charge in [-0.15, -0.1) is 11.6 Å². The Labute approximate surface area is 117 Å². The lowest BCUT2D eigenvalue weighted by molar-refractivity contribution is -0.385. The predicted octanol–water partition coefficient (Wildman–Crippen LogP) is 2.95. The number of alkyl halides is 1. The second-order valence-corrected chi connectivity index (χ2v) is 4.93. The van der Waals surface area contributed by atoms with Crippen LogP contribution >= 0.6 is 11.6 Å². The summed E-state index contributed by atoms with van der Waals surface area (Å²) < 4.78 is 5.34. The van der Waals surface area contributed by atoms with E-state index >= 15 is 0 Å². The molecule has 1 aliphatic rings. The molecule has 0 atom stereocenters. The Morgan fingerprint density at radius 1 is 1.47 bits per heavy atom. The molecule has 0 N–H and O–H groups in total. The van der Waals surface area contributed by atoms with Gasteiger partial charge in [0.15, 0.2) is 0 Å². The number of rotatable bonds is 4. The monoisotopic (exact) mass is 284 g/mol. The summed E-state index contributed by atoms with van der Waals surface area (Å²) >= 11 is 5.80. The van der Waals surface area contributed by atoms with Gasteiger partial charge in [-0.05, 0) is 25.0 Å². The number of halogens is 1. The lowest BCUT2D eigenvalue weighted by Crippen LogP contribution is -2.36. The first-order valence-electron chi connectivity index (χ1n) is 6.27. The summed E-state index contributed by atoms with van der Waals surface area (Å²) in [6.07, 6.45) is 1.95. The van der Waals surface area contributed by atoms with E-state index in [0.29, 0.717) is 11.6 Å². The van der Waals surface area contributed by atoms with Crippen LogP contribution in [0.1, 0.15) is 18.4 Å². The minimum absolute atomic E-state index is 0.0825. The van der Waals surface area contributed by atoms with Crippen molar-refractivity contribution < 1.29 is 9.66 Å². The first-order chi connectivity index (χ1) is 9.13. The van der Waals surface area contributed by atoms with E-state index < -0.39 is 4.92 Å². The highest BCUT2D eigenvalue weighted by molar-refractivity contribution is 6.17. The normalized spacial score (nSPS) is 16.3. The van der Waals surface area contributed by atoms with Crippen LogP contribution in [0.15, 0.2) is 18.2 Å². The fraction of sp³-hybridized carbons (Fsp3) is 0.538.